The summed E-state index contributed by atoms with van der Waals surface area (Å²) < 4.78 is 109. The summed E-state index contributed by atoms with van der Waals surface area (Å²) in [6.07, 6.45) is -14.6. The average Bonchev–Trinajstić information content (AvgIpc) is 0.764. The zero-order chi connectivity index (χ0) is 72.9. The van der Waals surface area contributed by atoms with Crippen molar-refractivity contribution in [1.29, 1.82) is 0 Å². The van der Waals surface area contributed by atoms with E-state index in [1.165, 1.54) is 6.92 Å². The van der Waals surface area contributed by atoms with Crippen LogP contribution in [0.4, 0.5) is 0 Å². The standard InChI is InChI=1S/C90H95NO16/c1-65(92)91-79-83(97-56-70-40-20-6-21-41-70)81(77(63-94-53-67-34-14-3-15-35-67)103-88(79)102-61-75-50-30-11-31-51-75)106-90-87(101-60-74-48-28-10-29-49-74)85(99-58-72-44-24-8-25-45-72)82(78(105-90)64-95-54-68-36-16-4-17-37-68)107-89-86(100-59-73-46-26-9-27-47-73)84(98-57-71-42-22-7-23-43-71)80(96-55-69-38-18-5-19-39-69)76(104-89)62-93-52-66-32-12-2-13-33-66/h2-51,76-90H,52-64H2,1H3,(H,91,92). The number of hydrogen-bond donors (Lipinski definition) is 1. The van der Waals surface area contributed by atoms with Crippen LogP contribution < -0.4 is 5.32 Å². The van der Waals surface area contributed by atoms with Gasteiger partial charge in [0.2, 0.25) is 5.91 Å². The predicted octanol–water partition coefficient (Wildman–Crippen LogP) is 14.8. The highest BCUT2D eigenvalue weighted by Gasteiger charge is 2.57. The molecule has 0 aliphatic carbocycles. The summed E-state index contributed by atoms with van der Waals surface area (Å²) in [7, 11) is 0. The lowest BCUT2D eigenvalue weighted by Crippen LogP contribution is -2.69. The van der Waals surface area contributed by atoms with Crippen molar-refractivity contribution in [2.45, 2.75) is 165 Å². The Labute approximate surface area is 627 Å². The van der Waals surface area contributed by atoms with Crippen LogP contribution in [0.2, 0.25) is 0 Å². The van der Waals surface area contributed by atoms with E-state index in [1.54, 1.807) is 0 Å². The summed E-state index contributed by atoms with van der Waals surface area (Å²) in [6, 6.07) is 98.5. The number of ether oxygens (including phenoxy) is 15. The topological polar surface area (TPSA) is 168 Å². The predicted molar refractivity (Wildman–Crippen MR) is 403 cm³/mol. The van der Waals surface area contributed by atoms with E-state index in [1.807, 2.05) is 303 Å². The number of benzene rings is 10. The number of hydrogen-bond acceptors (Lipinski definition) is 16. The lowest BCUT2D eigenvalue weighted by atomic mass is 9.94. The maximum atomic E-state index is 13.8. The van der Waals surface area contributed by atoms with Crippen LogP contribution >= 0.6 is 0 Å². The molecule has 0 saturated carbocycles. The lowest BCUT2D eigenvalue weighted by molar-refractivity contribution is -0.390. The fourth-order valence-electron chi connectivity index (χ4n) is 13.5. The number of amides is 1. The van der Waals surface area contributed by atoms with Crippen molar-refractivity contribution in [3.05, 3.63) is 359 Å². The summed E-state index contributed by atoms with van der Waals surface area (Å²) in [4.78, 5) is 13.8. The number of carbonyl (C=O) groups excluding carboxylic acids is 1. The van der Waals surface area contributed by atoms with Crippen molar-refractivity contribution < 1.29 is 75.8 Å². The Balaban J connectivity index is 0.937. The van der Waals surface area contributed by atoms with Crippen molar-refractivity contribution in [2.24, 2.45) is 0 Å². The lowest BCUT2D eigenvalue weighted by Gasteiger charge is -2.52. The van der Waals surface area contributed by atoms with Gasteiger partial charge < -0.3 is 76.4 Å². The van der Waals surface area contributed by atoms with E-state index in [0.717, 1.165) is 55.6 Å². The van der Waals surface area contributed by atoms with Crippen molar-refractivity contribution in [3.63, 3.8) is 0 Å². The largest absolute Gasteiger partial charge is 0.374 e. The van der Waals surface area contributed by atoms with E-state index in [9.17, 15) is 4.79 Å². The van der Waals surface area contributed by atoms with Crippen LogP contribution in [0.3, 0.4) is 0 Å². The summed E-state index contributed by atoms with van der Waals surface area (Å²) >= 11 is 0. The Bertz CT molecular complexity index is 4100. The van der Waals surface area contributed by atoms with Gasteiger partial charge in [0, 0.05) is 6.92 Å². The van der Waals surface area contributed by atoms with Gasteiger partial charge in [0.1, 0.15) is 73.2 Å². The molecule has 13 rings (SSSR count). The van der Waals surface area contributed by atoms with Crippen LogP contribution in [-0.2, 0) is 142 Å². The van der Waals surface area contributed by atoms with Crippen LogP contribution in [0.15, 0.2) is 303 Å². The van der Waals surface area contributed by atoms with Gasteiger partial charge in [-0.3, -0.25) is 4.79 Å². The molecular formula is C90H95NO16. The van der Waals surface area contributed by atoms with Gasteiger partial charge in [-0.1, -0.05) is 303 Å². The third-order valence-corrected chi connectivity index (χ3v) is 18.9. The minimum atomic E-state index is -1.34. The highest BCUT2D eigenvalue weighted by atomic mass is 16.8. The van der Waals surface area contributed by atoms with E-state index < -0.39 is 92.1 Å². The first-order valence-electron chi connectivity index (χ1n) is 36.9. The quantitative estimate of drug-likeness (QED) is 0.0388. The summed E-state index contributed by atoms with van der Waals surface area (Å²) in [5.74, 6) is -0.344. The zero-order valence-corrected chi connectivity index (χ0v) is 60.3. The van der Waals surface area contributed by atoms with Gasteiger partial charge in [-0.15, -0.1) is 0 Å². The normalized spacial score (nSPS) is 24.3. The molecule has 3 aliphatic rings. The van der Waals surface area contributed by atoms with E-state index in [4.69, 9.17) is 71.1 Å². The van der Waals surface area contributed by atoms with Gasteiger partial charge in [0.05, 0.1) is 85.9 Å². The van der Waals surface area contributed by atoms with Crippen molar-refractivity contribution >= 4 is 5.91 Å². The molecule has 1 N–H and O–H groups in total. The van der Waals surface area contributed by atoms with Gasteiger partial charge in [-0.25, -0.2) is 0 Å². The molecule has 0 aromatic heterocycles. The molecule has 10 aromatic carbocycles. The molecule has 3 heterocycles. The molecule has 3 aliphatic heterocycles. The van der Waals surface area contributed by atoms with Gasteiger partial charge in [0.15, 0.2) is 18.9 Å². The van der Waals surface area contributed by atoms with Gasteiger partial charge >= 0.3 is 0 Å². The molecule has 556 valence electrons. The molecule has 15 atom stereocenters. The molecular weight excluding hydrogens is 1350 g/mol. The number of nitrogens with one attached hydrogen (secondary N) is 1. The second kappa shape index (κ2) is 40.9. The molecule has 3 fully saturated rings. The molecule has 3 saturated heterocycles. The molecule has 0 bridgehead atoms. The average molecular weight is 1450 g/mol. The van der Waals surface area contributed by atoms with E-state index in [2.05, 4.69) is 5.32 Å². The van der Waals surface area contributed by atoms with Crippen molar-refractivity contribution in [2.75, 3.05) is 19.8 Å². The fourth-order valence-corrected chi connectivity index (χ4v) is 13.5. The molecule has 10 aromatic rings. The van der Waals surface area contributed by atoms with Crippen LogP contribution in [0, 0.1) is 0 Å². The zero-order valence-electron chi connectivity index (χ0n) is 60.3. The van der Waals surface area contributed by atoms with Crippen molar-refractivity contribution in [3.8, 4) is 0 Å². The fraction of sp³-hybridized carbons (Fsp3) is 0.322. The Morgan fingerprint density at radius 1 is 0.252 bits per heavy atom. The van der Waals surface area contributed by atoms with Crippen LogP contribution in [-0.4, -0.2) is 118 Å². The van der Waals surface area contributed by atoms with E-state index in [0.29, 0.717) is 0 Å². The summed E-state index contributed by atoms with van der Waals surface area (Å²) in [5, 5.41) is 3.20. The monoisotopic (exact) mass is 1450 g/mol. The van der Waals surface area contributed by atoms with Crippen LogP contribution in [0.1, 0.15) is 62.6 Å². The van der Waals surface area contributed by atoms with Gasteiger partial charge in [-0.05, 0) is 55.6 Å². The Morgan fingerprint density at radius 2 is 0.467 bits per heavy atom. The highest BCUT2D eigenvalue weighted by Crippen LogP contribution is 2.40. The maximum absolute atomic E-state index is 13.8. The molecule has 15 unspecified atom stereocenters. The summed E-state index contributed by atoms with van der Waals surface area (Å²) in [6.45, 7) is 3.14. The SMILES string of the molecule is CC(=O)NC1C(OCc2ccccc2)OC(COCc2ccccc2)C(OC2OC(COCc3ccccc3)C(OC3OC(COCc4ccccc4)C(OCc4ccccc4)C(OCc4ccccc4)C3OCc3ccccc3)C(OCc3ccccc3)C2OCc2ccccc2)C1OCc1ccccc1. The number of carbonyl (C=O) groups is 1. The minimum Gasteiger partial charge on any atom is -0.374 e. The van der Waals surface area contributed by atoms with Gasteiger partial charge in [-0.2, -0.15) is 0 Å². The van der Waals surface area contributed by atoms with Crippen LogP contribution in [0.5, 0.6) is 0 Å². The Kier molecular flexibility index (Phi) is 29.1. The highest BCUT2D eigenvalue weighted by molar-refractivity contribution is 5.73. The molecule has 1 amide bonds. The first-order valence-corrected chi connectivity index (χ1v) is 36.9. The Morgan fingerprint density at radius 3 is 0.757 bits per heavy atom. The second-order valence-corrected chi connectivity index (χ2v) is 26.9. The van der Waals surface area contributed by atoms with Crippen molar-refractivity contribution in [1.82, 2.24) is 5.32 Å². The van der Waals surface area contributed by atoms with Gasteiger partial charge in [0.25, 0.3) is 0 Å². The second-order valence-electron chi connectivity index (χ2n) is 26.9. The third-order valence-electron chi connectivity index (χ3n) is 18.9. The van der Waals surface area contributed by atoms with E-state index >= 15 is 0 Å². The minimum absolute atomic E-state index is 0.0164. The molecule has 0 radical (unpaired) electrons. The molecule has 17 nitrogen and oxygen atoms in total. The first-order chi connectivity index (χ1) is 52.9. The van der Waals surface area contributed by atoms with E-state index in [-0.39, 0.29) is 91.8 Å². The third kappa shape index (κ3) is 22.8. The molecule has 0 spiro atoms. The summed E-state index contributed by atoms with van der Waals surface area (Å²) in [5.41, 5.74) is 9.18. The molecule has 107 heavy (non-hydrogen) atoms. The number of rotatable bonds is 38. The van der Waals surface area contributed by atoms with Crippen LogP contribution in [0.25, 0.3) is 0 Å². The maximum Gasteiger partial charge on any atom is 0.217 e. The first kappa shape index (κ1) is 76.3. The molecule has 17 heteroatoms. The smallest absolute Gasteiger partial charge is 0.217 e. The Hall–Kier alpha value is -8.93.